The number of rotatable bonds is 6. The maximum Gasteiger partial charge on any atom is 0.421 e. The fourth-order valence-corrected chi connectivity index (χ4v) is 3.18. The smallest absolute Gasteiger partial charge is 0.421 e. The van der Waals surface area contributed by atoms with E-state index in [4.69, 9.17) is 0 Å². The summed E-state index contributed by atoms with van der Waals surface area (Å²) in [5.74, 6) is 0.478. The van der Waals surface area contributed by atoms with E-state index in [2.05, 4.69) is 23.9 Å². The summed E-state index contributed by atoms with van der Waals surface area (Å²) in [6.45, 7) is 7.70. The zero-order chi connectivity index (χ0) is 15.2. The highest BCUT2D eigenvalue weighted by atomic mass is 32.2. The Kier molecular flexibility index (Phi) is 6.70. The van der Waals surface area contributed by atoms with Gasteiger partial charge < -0.3 is 10.1 Å². The second kappa shape index (κ2) is 7.80. The quantitative estimate of drug-likeness (QED) is 0.754. The Labute approximate surface area is 121 Å². The first-order chi connectivity index (χ1) is 9.35. The fraction of sp³-hybridized carbons (Fsp3) is 0.917. The van der Waals surface area contributed by atoms with E-state index in [0.717, 1.165) is 19.4 Å². The molecule has 8 heteroatoms. The highest BCUT2D eigenvalue weighted by Gasteiger charge is 2.29. The van der Waals surface area contributed by atoms with E-state index in [9.17, 15) is 13.2 Å². The maximum atomic E-state index is 11.9. The Bertz CT molecular complexity index is 403. The summed E-state index contributed by atoms with van der Waals surface area (Å²) in [4.78, 5) is 11.2. The average Bonchev–Trinajstić information content (AvgIpc) is 2.36. The number of hydrogen-bond acceptors (Lipinski definition) is 5. The monoisotopic (exact) mass is 307 g/mol. The van der Waals surface area contributed by atoms with Crippen LogP contribution < -0.4 is 10.0 Å². The molecule has 1 amide bonds. The van der Waals surface area contributed by atoms with Crippen LogP contribution >= 0.6 is 0 Å². The van der Waals surface area contributed by atoms with Gasteiger partial charge in [0, 0.05) is 19.1 Å². The molecule has 0 aromatic heterocycles. The molecule has 7 nitrogen and oxygen atoms in total. The zero-order valence-electron chi connectivity index (χ0n) is 12.4. The third kappa shape index (κ3) is 5.64. The minimum Gasteiger partial charge on any atom is -0.449 e. The summed E-state index contributed by atoms with van der Waals surface area (Å²) in [5.41, 5.74) is 0. The Balaban J connectivity index is 2.41. The lowest BCUT2D eigenvalue weighted by molar-refractivity contribution is 0.157. The molecule has 1 saturated heterocycles. The van der Waals surface area contributed by atoms with Crippen LogP contribution in [0, 0.1) is 5.92 Å². The molecule has 20 heavy (non-hydrogen) atoms. The molecule has 2 N–H and O–H groups in total. The summed E-state index contributed by atoms with van der Waals surface area (Å²) >= 11 is 0. The third-order valence-electron chi connectivity index (χ3n) is 3.22. The SMILES string of the molecule is CCOC(=O)NS(=O)(=O)N1CCC(CNC(C)C)CC1. The van der Waals surface area contributed by atoms with Crippen molar-refractivity contribution in [3.63, 3.8) is 0 Å². The first kappa shape index (κ1) is 17.2. The van der Waals surface area contributed by atoms with Crippen molar-refractivity contribution in [3.8, 4) is 0 Å². The van der Waals surface area contributed by atoms with E-state index < -0.39 is 16.3 Å². The lowest BCUT2D eigenvalue weighted by atomic mass is 9.98. The summed E-state index contributed by atoms with van der Waals surface area (Å²) in [5, 5.41) is 3.36. The van der Waals surface area contributed by atoms with Crippen LogP contribution in [-0.4, -0.2) is 51.1 Å². The molecular weight excluding hydrogens is 282 g/mol. The summed E-state index contributed by atoms with van der Waals surface area (Å²) in [6, 6.07) is 0.433. The van der Waals surface area contributed by atoms with E-state index >= 15 is 0 Å². The lowest BCUT2D eigenvalue weighted by Crippen LogP contribution is -2.48. The Hall–Kier alpha value is -0.860. The standard InChI is InChI=1S/C12H25N3O4S/c1-4-19-12(16)14-20(17,18)15-7-5-11(6-8-15)9-13-10(2)3/h10-11,13H,4-9H2,1-3H3,(H,14,16). The molecule has 1 aliphatic heterocycles. The summed E-state index contributed by atoms with van der Waals surface area (Å²) in [7, 11) is -3.77. The minimum absolute atomic E-state index is 0.143. The summed E-state index contributed by atoms with van der Waals surface area (Å²) < 4.78 is 31.7. The number of carbonyl (C=O) groups excluding carboxylic acids is 1. The Morgan fingerprint density at radius 2 is 1.95 bits per heavy atom. The Morgan fingerprint density at radius 1 is 1.35 bits per heavy atom. The lowest BCUT2D eigenvalue weighted by Gasteiger charge is -2.31. The van der Waals surface area contributed by atoms with Crippen molar-refractivity contribution in [2.45, 2.75) is 39.7 Å². The number of nitrogens with zero attached hydrogens (tertiary/aromatic N) is 1. The molecule has 0 saturated carbocycles. The number of hydrogen-bond donors (Lipinski definition) is 2. The molecule has 0 bridgehead atoms. The van der Waals surface area contributed by atoms with Gasteiger partial charge in [-0.1, -0.05) is 13.8 Å². The molecule has 1 rings (SSSR count). The second-order valence-electron chi connectivity index (χ2n) is 5.23. The van der Waals surface area contributed by atoms with Gasteiger partial charge in [0.1, 0.15) is 0 Å². The van der Waals surface area contributed by atoms with Crippen LogP contribution in [0.2, 0.25) is 0 Å². The summed E-state index contributed by atoms with van der Waals surface area (Å²) in [6.07, 6.45) is 0.670. The molecule has 0 radical (unpaired) electrons. The predicted octanol–water partition coefficient (Wildman–Crippen LogP) is 0.687. The van der Waals surface area contributed by atoms with E-state index in [0.29, 0.717) is 25.0 Å². The molecule has 0 atom stereocenters. The van der Waals surface area contributed by atoms with Gasteiger partial charge in [0.15, 0.2) is 0 Å². The largest absolute Gasteiger partial charge is 0.449 e. The maximum absolute atomic E-state index is 11.9. The van der Waals surface area contributed by atoms with Crippen LogP contribution in [0.25, 0.3) is 0 Å². The van der Waals surface area contributed by atoms with Gasteiger partial charge in [-0.2, -0.15) is 12.7 Å². The van der Waals surface area contributed by atoms with Gasteiger partial charge in [-0.3, -0.25) is 0 Å². The van der Waals surface area contributed by atoms with Crippen LogP contribution in [0.3, 0.4) is 0 Å². The molecule has 118 valence electrons. The van der Waals surface area contributed by atoms with Crippen LogP contribution in [0.15, 0.2) is 0 Å². The second-order valence-corrected chi connectivity index (χ2v) is 6.90. The van der Waals surface area contributed by atoms with Crippen molar-refractivity contribution >= 4 is 16.3 Å². The topological polar surface area (TPSA) is 87.7 Å². The van der Waals surface area contributed by atoms with Crippen molar-refractivity contribution in [1.29, 1.82) is 0 Å². The highest BCUT2D eigenvalue weighted by molar-refractivity contribution is 7.87. The molecule has 0 unspecified atom stereocenters. The van der Waals surface area contributed by atoms with Gasteiger partial charge in [0.05, 0.1) is 6.61 Å². The molecule has 1 fully saturated rings. The minimum atomic E-state index is -3.77. The van der Waals surface area contributed by atoms with Crippen LogP contribution in [-0.2, 0) is 14.9 Å². The molecule has 0 aromatic rings. The molecule has 0 aliphatic carbocycles. The molecular formula is C12H25N3O4S. The number of ether oxygens (including phenoxy) is 1. The predicted molar refractivity (Wildman–Crippen MR) is 76.5 cm³/mol. The van der Waals surface area contributed by atoms with Gasteiger partial charge in [-0.25, -0.2) is 9.52 Å². The van der Waals surface area contributed by atoms with Gasteiger partial charge in [-0.05, 0) is 32.2 Å². The van der Waals surface area contributed by atoms with Crippen molar-refractivity contribution < 1.29 is 17.9 Å². The normalized spacial score (nSPS) is 18.2. The van der Waals surface area contributed by atoms with Crippen LogP contribution in [0.1, 0.15) is 33.6 Å². The van der Waals surface area contributed by atoms with Gasteiger partial charge in [0.25, 0.3) is 0 Å². The van der Waals surface area contributed by atoms with Crippen molar-refractivity contribution in [3.05, 3.63) is 0 Å². The highest BCUT2D eigenvalue weighted by Crippen LogP contribution is 2.18. The number of nitrogens with one attached hydrogen (secondary N) is 2. The van der Waals surface area contributed by atoms with E-state index in [1.807, 2.05) is 4.72 Å². The van der Waals surface area contributed by atoms with E-state index in [1.54, 1.807) is 6.92 Å². The van der Waals surface area contributed by atoms with Gasteiger partial charge >= 0.3 is 16.3 Å². The van der Waals surface area contributed by atoms with Gasteiger partial charge in [-0.15, -0.1) is 0 Å². The average molecular weight is 307 g/mol. The first-order valence-electron chi connectivity index (χ1n) is 7.03. The number of piperidine rings is 1. The first-order valence-corrected chi connectivity index (χ1v) is 8.47. The number of carbonyl (C=O) groups is 1. The zero-order valence-corrected chi connectivity index (χ0v) is 13.2. The van der Waals surface area contributed by atoms with Gasteiger partial charge in [0.2, 0.25) is 0 Å². The van der Waals surface area contributed by atoms with Crippen molar-refractivity contribution in [2.75, 3.05) is 26.2 Å². The Morgan fingerprint density at radius 3 is 2.45 bits per heavy atom. The van der Waals surface area contributed by atoms with Crippen molar-refractivity contribution in [2.24, 2.45) is 5.92 Å². The van der Waals surface area contributed by atoms with Crippen molar-refractivity contribution in [1.82, 2.24) is 14.3 Å². The van der Waals surface area contributed by atoms with E-state index in [-0.39, 0.29) is 6.61 Å². The molecule has 0 spiro atoms. The van der Waals surface area contributed by atoms with E-state index in [1.165, 1.54) is 4.31 Å². The molecule has 1 aliphatic rings. The number of amides is 1. The fourth-order valence-electron chi connectivity index (χ4n) is 2.09. The molecule has 1 heterocycles. The third-order valence-corrected chi connectivity index (χ3v) is 4.69. The van der Waals surface area contributed by atoms with Crippen LogP contribution in [0.5, 0.6) is 0 Å². The van der Waals surface area contributed by atoms with Crippen LogP contribution in [0.4, 0.5) is 4.79 Å². The molecule has 0 aromatic carbocycles.